The second-order valence-corrected chi connectivity index (χ2v) is 9.29. The van der Waals surface area contributed by atoms with Crippen LogP contribution in [-0.2, 0) is 16.6 Å². The van der Waals surface area contributed by atoms with Crippen LogP contribution in [0.1, 0.15) is 24.1 Å². The van der Waals surface area contributed by atoms with Crippen molar-refractivity contribution >= 4 is 16.1 Å². The highest BCUT2D eigenvalue weighted by atomic mass is 32.2. The van der Waals surface area contributed by atoms with E-state index in [0.29, 0.717) is 19.6 Å². The van der Waals surface area contributed by atoms with Gasteiger partial charge in [0.25, 0.3) is 0 Å². The number of nitrogens with one attached hydrogen (secondary N) is 1. The van der Waals surface area contributed by atoms with Crippen LogP contribution < -0.4 is 19.9 Å². The van der Waals surface area contributed by atoms with Crippen molar-refractivity contribution in [3.8, 4) is 11.5 Å². The highest BCUT2D eigenvalue weighted by molar-refractivity contribution is 7.89. The van der Waals surface area contributed by atoms with E-state index in [4.69, 9.17) is 14.6 Å². The minimum absolute atomic E-state index is 0.0450. The fourth-order valence-electron chi connectivity index (χ4n) is 3.66. The lowest BCUT2D eigenvalue weighted by atomic mass is 10.1. The van der Waals surface area contributed by atoms with Gasteiger partial charge in [0.1, 0.15) is 11.5 Å². The van der Waals surface area contributed by atoms with Gasteiger partial charge in [-0.05, 0) is 42.8 Å². The molecule has 1 atom stereocenters. The third kappa shape index (κ3) is 5.90. The smallest absolute Gasteiger partial charge is 0.317 e. The Kier molecular flexibility index (Phi) is 7.60. The number of hydrogen-bond acceptors (Lipinski definition) is 6. The van der Waals surface area contributed by atoms with Crippen LogP contribution in [0.2, 0.25) is 0 Å². The molecule has 1 saturated heterocycles. The van der Waals surface area contributed by atoms with Gasteiger partial charge in [-0.1, -0.05) is 12.1 Å². The monoisotopic (exact) mass is 462 g/mol. The van der Waals surface area contributed by atoms with Crippen LogP contribution in [-0.4, -0.2) is 64.6 Å². The van der Waals surface area contributed by atoms with Gasteiger partial charge in [0.2, 0.25) is 10.0 Å². The van der Waals surface area contributed by atoms with E-state index in [0.717, 1.165) is 35.7 Å². The number of amides is 2. The first-order chi connectivity index (χ1) is 15.2. The van der Waals surface area contributed by atoms with E-state index in [1.165, 1.54) is 12.1 Å². The van der Waals surface area contributed by atoms with Crippen LogP contribution in [0.15, 0.2) is 47.4 Å². The number of carbonyl (C=O) groups is 1. The van der Waals surface area contributed by atoms with E-state index in [1.54, 1.807) is 31.3 Å². The largest absolute Gasteiger partial charge is 0.497 e. The summed E-state index contributed by atoms with van der Waals surface area (Å²) >= 11 is 0. The van der Waals surface area contributed by atoms with Crippen molar-refractivity contribution in [1.82, 2.24) is 15.1 Å². The zero-order valence-corrected chi connectivity index (χ0v) is 19.4. The number of piperazine rings is 1. The molecule has 0 aromatic heterocycles. The summed E-state index contributed by atoms with van der Waals surface area (Å²) in [6.07, 6.45) is 0. The highest BCUT2D eigenvalue weighted by Gasteiger charge is 2.23. The topological polar surface area (TPSA) is 114 Å². The lowest BCUT2D eigenvalue weighted by Crippen LogP contribution is -2.51. The van der Waals surface area contributed by atoms with Crippen LogP contribution in [0.5, 0.6) is 11.5 Å². The number of rotatable bonds is 7. The number of benzene rings is 2. The molecular weight excluding hydrogens is 432 g/mol. The van der Waals surface area contributed by atoms with Crippen molar-refractivity contribution in [2.24, 2.45) is 5.14 Å². The van der Waals surface area contributed by atoms with Crippen molar-refractivity contribution in [2.45, 2.75) is 24.4 Å². The van der Waals surface area contributed by atoms with Crippen molar-refractivity contribution in [3.63, 3.8) is 0 Å². The number of primary sulfonamides is 1. The Hall–Kier alpha value is -2.82. The van der Waals surface area contributed by atoms with E-state index in [-0.39, 0.29) is 17.0 Å². The Bertz CT molecular complexity index is 1030. The van der Waals surface area contributed by atoms with Gasteiger partial charge in [-0.25, -0.2) is 18.4 Å². The summed E-state index contributed by atoms with van der Waals surface area (Å²) in [5, 5.41) is 8.10. The molecule has 1 aliphatic heterocycles. The Balaban J connectivity index is 1.53. The maximum absolute atomic E-state index is 12.7. The molecule has 1 heterocycles. The molecule has 0 saturated carbocycles. The van der Waals surface area contributed by atoms with Crippen molar-refractivity contribution in [2.75, 3.05) is 40.4 Å². The summed E-state index contributed by atoms with van der Waals surface area (Å²) in [5.41, 5.74) is 1.84. The number of methoxy groups -OCH3 is 2. The zero-order valence-electron chi connectivity index (χ0n) is 18.6. The maximum atomic E-state index is 12.7. The number of urea groups is 1. The van der Waals surface area contributed by atoms with E-state index in [1.807, 2.05) is 25.1 Å². The quantitative estimate of drug-likeness (QED) is 0.650. The lowest BCUT2D eigenvalue weighted by molar-refractivity contribution is 0.133. The van der Waals surface area contributed by atoms with Gasteiger partial charge in [-0.3, -0.25) is 4.90 Å². The van der Waals surface area contributed by atoms with Gasteiger partial charge in [0.05, 0.1) is 25.2 Å². The van der Waals surface area contributed by atoms with Gasteiger partial charge < -0.3 is 19.7 Å². The molecule has 0 aliphatic carbocycles. The molecule has 1 fully saturated rings. The summed E-state index contributed by atoms with van der Waals surface area (Å²) in [4.78, 5) is 16.8. The molecule has 2 aromatic carbocycles. The SMILES string of the molecule is COc1ccc(OC)c(CN2CCN(C(=O)NC(C)c3ccc(S(N)(=O)=O)cc3)CC2)c1. The molecule has 1 aliphatic rings. The van der Waals surface area contributed by atoms with Crippen LogP contribution in [0, 0.1) is 0 Å². The minimum atomic E-state index is -3.74. The second kappa shape index (κ2) is 10.2. The molecule has 3 N–H and O–H groups in total. The first-order valence-corrected chi connectivity index (χ1v) is 11.9. The zero-order chi connectivity index (χ0) is 23.3. The third-order valence-electron chi connectivity index (χ3n) is 5.59. The van der Waals surface area contributed by atoms with Crippen molar-refractivity contribution in [3.05, 3.63) is 53.6 Å². The van der Waals surface area contributed by atoms with Crippen molar-refractivity contribution < 1.29 is 22.7 Å². The van der Waals surface area contributed by atoms with Crippen molar-refractivity contribution in [1.29, 1.82) is 0 Å². The number of hydrogen-bond donors (Lipinski definition) is 2. The Labute approximate surface area is 189 Å². The van der Waals surface area contributed by atoms with Crippen LogP contribution in [0.25, 0.3) is 0 Å². The molecule has 1 unspecified atom stereocenters. The van der Waals surface area contributed by atoms with Gasteiger partial charge >= 0.3 is 6.03 Å². The molecule has 0 radical (unpaired) electrons. The number of carbonyl (C=O) groups excluding carboxylic acids is 1. The first-order valence-electron chi connectivity index (χ1n) is 10.3. The summed E-state index contributed by atoms with van der Waals surface area (Å²) in [6.45, 7) is 5.26. The van der Waals surface area contributed by atoms with Gasteiger partial charge in [0, 0.05) is 38.3 Å². The molecule has 10 heteroatoms. The fourth-order valence-corrected chi connectivity index (χ4v) is 4.18. The number of sulfonamides is 1. The van der Waals surface area contributed by atoms with E-state index in [2.05, 4.69) is 10.2 Å². The number of ether oxygens (including phenoxy) is 2. The summed E-state index contributed by atoms with van der Waals surface area (Å²) in [6, 6.07) is 11.5. The lowest BCUT2D eigenvalue weighted by Gasteiger charge is -2.35. The molecular formula is C22H30N4O5S. The van der Waals surface area contributed by atoms with Gasteiger partial charge in [-0.2, -0.15) is 0 Å². The average molecular weight is 463 g/mol. The Morgan fingerprint density at radius 2 is 1.72 bits per heavy atom. The molecule has 174 valence electrons. The molecule has 0 spiro atoms. The average Bonchev–Trinajstić information content (AvgIpc) is 2.79. The Morgan fingerprint density at radius 3 is 2.28 bits per heavy atom. The highest BCUT2D eigenvalue weighted by Crippen LogP contribution is 2.25. The molecule has 0 bridgehead atoms. The predicted octanol–water partition coefficient (Wildman–Crippen LogP) is 1.94. The molecule has 3 rings (SSSR count). The number of nitrogens with two attached hydrogens (primary N) is 1. The van der Waals surface area contributed by atoms with Crippen LogP contribution >= 0.6 is 0 Å². The standard InChI is InChI=1S/C22H30N4O5S/c1-16(17-4-7-20(8-5-17)32(23,28)29)24-22(27)26-12-10-25(11-13-26)15-18-14-19(30-2)6-9-21(18)31-3/h4-9,14,16H,10-13,15H2,1-3H3,(H,24,27)(H2,23,28,29). The second-order valence-electron chi connectivity index (χ2n) is 7.73. The Morgan fingerprint density at radius 1 is 1.06 bits per heavy atom. The molecule has 9 nitrogen and oxygen atoms in total. The van der Waals surface area contributed by atoms with Gasteiger partial charge in [0.15, 0.2) is 0 Å². The number of nitrogens with zero attached hydrogens (tertiary/aromatic N) is 2. The van der Waals surface area contributed by atoms with E-state index >= 15 is 0 Å². The van der Waals surface area contributed by atoms with Gasteiger partial charge in [-0.15, -0.1) is 0 Å². The molecule has 2 aromatic rings. The van der Waals surface area contributed by atoms with E-state index in [9.17, 15) is 13.2 Å². The molecule has 32 heavy (non-hydrogen) atoms. The third-order valence-corrected chi connectivity index (χ3v) is 6.52. The summed E-state index contributed by atoms with van der Waals surface area (Å²) in [7, 11) is -0.450. The van der Waals surface area contributed by atoms with Crippen LogP contribution in [0.4, 0.5) is 4.79 Å². The fraction of sp³-hybridized carbons (Fsp3) is 0.409. The minimum Gasteiger partial charge on any atom is -0.497 e. The normalized spacial score (nSPS) is 15.8. The summed E-state index contributed by atoms with van der Waals surface area (Å²) in [5.74, 6) is 1.60. The first kappa shape index (κ1) is 23.8. The maximum Gasteiger partial charge on any atom is 0.317 e. The van der Waals surface area contributed by atoms with E-state index < -0.39 is 10.0 Å². The predicted molar refractivity (Wildman–Crippen MR) is 121 cm³/mol. The van der Waals surface area contributed by atoms with Crippen LogP contribution in [0.3, 0.4) is 0 Å². The molecule has 2 amide bonds. The summed E-state index contributed by atoms with van der Waals surface area (Å²) < 4.78 is 33.6.